The summed E-state index contributed by atoms with van der Waals surface area (Å²) in [6.07, 6.45) is 0. The first-order chi connectivity index (χ1) is 24.8. The fraction of sp³-hybridized carbons (Fsp3) is 0. The molecule has 10 rings (SSSR count). The highest BCUT2D eigenvalue weighted by atomic mass is 16.3. The van der Waals surface area contributed by atoms with Crippen molar-refractivity contribution in [1.29, 1.82) is 0 Å². The smallest absolute Gasteiger partial charge is 0.167 e. The van der Waals surface area contributed by atoms with E-state index in [0.717, 1.165) is 66.5 Å². The molecule has 5 nitrogen and oxygen atoms in total. The molecule has 0 bridgehead atoms. The molecule has 0 amide bonds. The third-order valence-corrected chi connectivity index (χ3v) is 9.46. The Balaban J connectivity index is 1.21. The van der Waals surface area contributed by atoms with Crippen LogP contribution in [0.4, 0.5) is 0 Å². The lowest BCUT2D eigenvalue weighted by molar-refractivity contribution is 0.669. The summed E-state index contributed by atoms with van der Waals surface area (Å²) in [4.78, 5) is 15.2. The van der Waals surface area contributed by atoms with Gasteiger partial charge in [0.15, 0.2) is 17.5 Å². The zero-order valence-electron chi connectivity index (χ0n) is 26.9. The molecule has 0 atom stereocenters. The van der Waals surface area contributed by atoms with E-state index in [-0.39, 0.29) is 0 Å². The van der Waals surface area contributed by atoms with Gasteiger partial charge in [-0.1, -0.05) is 133 Å². The van der Waals surface area contributed by atoms with E-state index in [2.05, 4.69) is 126 Å². The van der Waals surface area contributed by atoms with Gasteiger partial charge in [0.1, 0.15) is 11.2 Å². The highest BCUT2D eigenvalue weighted by Crippen LogP contribution is 2.41. The SMILES string of the molecule is c1ccc(-c2cccc(-c3nc(-c4ccccc4)nc(-c4cccc5c4oc4cccc(-n6c7ccccc7c7ccccc76)c45)n3)c2)cc1. The maximum atomic E-state index is 6.76. The summed E-state index contributed by atoms with van der Waals surface area (Å²) in [5.74, 6) is 1.77. The Morgan fingerprint density at radius 1 is 0.400 bits per heavy atom. The molecule has 3 aromatic heterocycles. The number of para-hydroxylation sites is 3. The highest BCUT2D eigenvalue weighted by Gasteiger charge is 2.21. The van der Waals surface area contributed by atoms with Gasteiger partial charge in [-0.3, -0.25) is 0 Å². The molecule has 0 aliphatic heterocycles. The van der Waals surface area contributed by atoms with Crippen LogP contribution in [-0.2, 0) is 0 Å². The maximum absolute atomic E-state index is 6.76. The molecule has 3 heterocycles. The van der Waals surface area contributed by atoms with E-state index in [1.807, 2.05) is 48.5 Å². The normalized spacial score (nSPS) is 11.6. The Kier molecular flexibility index (Phi) is 6.42. The minimum Gasteiger partial charge on any atom is -0.455 e. The van der Waals surface area contributed by atoms with Crippen molar-refractivity contribution in [3.8, 4) is 51.0 Å². The zero-order chi connectivity index (χ0) is 33.0. The van der Waals surface area contributed by atoms with Crippen LogP contribution in [0.1, 0.15) is 0 Å². The molecule has 0 aliphatic rings. The Hall–Kier alpha value is -6.85. The van der Waals surface area contributed by atoms with Crippen LogP contribution in [0.25, 0.3) is 94.7 Å². The van der Waals surface area contributed by atoms with Crippen molar-refractivity contribution in [2.24, 2.45) is 0 Å². The Bertz CT molecular complexity index is 2820. The number of hydrogen-bond donors (Lipinski definition) is 0. The first kappa shape index (κ1) is 28.2. The van der Waals surface area contributed by atoms with Gasteiger partial charge < -0.3 is 8.98 Å². The Morgan fingerprint density at radius 2 is 0.940 bits per heavy atom. The Morgan fingerprint density at radius 3 is 1.68 bits per heavy atom. The molecule has 0 fully saturated rings. The van der Waals surface area contributed by atoms with E-state index in [1.54, 1.807) is 0 Å². The minimum absolute atomic E-state index is 0.557. The quantitative estimate of drug-likeness (QED) is 0.188. The summed E-state index contributed by atoms with van der Waals surface area (Å²) >= 11 is 0. The molecule has 7 aromatic carbocycles. The minimum atomic E-state index is 0.557. The third-order valence-electron chi connectivity index (χ3n) is 9.46. The van der Waals surface area contributed by atoms with Crippen molar-refractivity contribution in [3.05, 3.63) is 170 Å². The van der Waals surface area contributed by atoms with Crippen molar-refractivity contribution in [1.82, 2.24) is 19.5 Å². The molecule has 234 valence electrons. The lowest BCUT2D eigenvalue weighted by Crippen LogP contribution is -2.00. The van der Waals surface area contributed by atoms with E-state index in [0.29, 0.717) is 17.5 Å². The topological polar surface area (TPSA) is 56.7 Å². The van der Waals surface area contributed by atoms with Gasteiger partial charge in [0.25, 0.3) is 0 Å². The average molecular weight is 641 g/mol. The predicted molar refractivity (Wildman–Crippen MR) is 203 cm³/mol. The van der Waals surface area contributed by atoms with Gasteiger partial charge >= 0.3 is 0 Å². The molecular weight excluding hydrogens is 613 g/mol. The van der Waals surface area contributed by atoms with E-state index in [4.69, 9.17) is 19.4 Å². The highest BCUT2D eigenvalue weighted by molar-refractivity contribution is 6.16. The third kappa shape index (κ3) is 4.52. The summed E-state index contributed by atoms with van der Waals surface area (Å²) < 4.78 is 9.11. The molecule has 0 unspecified atom stereocenters. The van der Waals surface area contributed by atoms with Crippen LogP contribution in [0.15, 0.2) is 174 Å². The van der Waals surface area contributed by atoms with Crippen LogP contribution < -0.4 is 0 Å². The summed E-state index contributed by atoms with van der Waals surface area (Å²) in [7, 11) is 0. The number of benzene rings is 7. The number of nitrogens with zero attached hydrogens (tertiary/aromatic N) is 4. The van der Waals surface area contributed by atoms with Crippen molar-refractivity contribution >= 4 is 43.7 Å². The first-order valence-electron chi connectivity index (χ1n) is 16.7. The molecule has 0 aliphatic carbocycles. The van der Waals surface area contributed by atoms with Crippen molar-refractivity contribution < 1.29 is 4.42 Å². The molecule has 50 heavy (non-hydrogen) atoms. The van der Waals surface area contributed by atoms with Crippen LogP contribution in [0.5, 0.6) is 0 Å². The van der Waals surface area contributed by atoms with E-state index >= 15 is 0 Å². The fourth-order valence-electron chi connectivity index (χ4n) is 7.18. The predicted octanol–water partition coefficient (Wildman–Crippen LogP) is 11.5. The maximum Gasteiger partial charge on any atom is 0.167 e. The van der Waals surface area contributed by atoms with E-state index in [1.165, 1.54) is 10.8 Å². The van der Waals surface area contributed by atoms with Crippen molar-refractivity contribution in [2.45, 2.75) is 0 Å². The zero-order valence-corrected chi connectivity index (χ0v) is 26.9. The number of rotatable bonds is 5. The fourth-order valence-corrected chi connectivity index (χ4v) is 7.18. The molecular formula is C45H28N4O. The van der Waals surface area contributed by atoms with Crippen LogP contribution in [0.3, 0.4) is 0 Å². The molecule has 0 spiro atoms. The van der Waals surface area contributed by atoms with Gasteiger partial charge in [0.05, 0.1) is 27.7 Å². The van der Waals surface area contributed by atoms with Gasteiger partial charge in [-0.05, 0) is 47.5 Å². The van der Waals surface area contributed by atoms with Gasteiger partial charge in [-0.15, -0.1) is 0 Å². The molecule has 10 aromatic rings. The van der Waals surface area contributed by atoms with Crippen molar-refractivity contribution in [2.75, 3.05) is 0 Å². The van der Waals surface area contributed by atoms with Gasteiger partial charge in [0, 0.05) is 27.3 Å². The van der Waals surface area contributed by atoms with Gasteiger partial charge in [-0.25, -0.2) is 15.0 Å². The van der Waals surface area contributed by atoms with Gasteiger partial charge in [-0.2, -0.15) is 0 Å². The second-order valence-corrected chi connectivity index (χ2v) is 12.4. The molecule has 0 saturated heterocycles. The summed E-state index contributed by atoms with van der Waals surface area (Å²) in [5, 5.41) is 4.49. The summed E-state index contributed by atoms with van der Waals surface area (Å²) in [5.41, 5.74) is 9.80. The first-order valence-corrected chi connectivity index (χ1v) is 16.7. The van der Waals surface area contributed by atoms with Crippen LogP contribution in [0, 0.1) is 0 Å². The van der Waals surface area contributed by atoms with Gasteiger partial charge in [0.2, 0.25) is 0 Å². The number of fused-ring (bicyclic) bond motifs is 6. The lowest BCUT2D eigenvalue weighted by Gasteiger charge is -2.10. The molecule has 5 heteroatoms. The molecule has 0 saturated carbocycles. The lowest BCUT2D eigenvalue weighted by atomic mass is 10.0. The second kappa shape index (κ2) is 11.4. The van der Waals surface area contributed by atoms with E-state index in [9.17, 15) is 0 Å². The molecule has 0 N–H and O–H groups in total. The van der Waals surface area contributed by atoms with Crippen LogP contribution >= 0.6 is 0 Å². The number of aromatic nitrogens is 4. The van der Waals surface area contributed by atoms with Crippen LogP contribution in [-0.4, -0.2) is 19.5 Å². The van der Waals surface area contributed by atoms with Crippen molar-refractivity contribution in [3.63, 3.8) is 0 Å². The summed E-state index contributed by atoms with van der Waals surface area (Å²) in [6, 6.07) is 58.5. The Labute approximate surface area is 287 Å². The largest absolute Gasteiger partial charge is 0.455 e. The number of furan rings is 1. The number of hydrogen-bond acceptors (Lipinski definition) is 4. The second-order valence-electron chi connectivity index (χ2n) is 12.4. The summed E-state index contributed by atoms with van der Waals surface area (Å²) in [6.45, 7) is 0. The van der Waals surface area contributed by atoms with E-state index < -0.39 is 0 Å². The standard InChI is InChI=1S/C45H28N4O/c1-3-14-29(15-4-1)31-18-11-19-32(28-31)44-46-43(30-16-5-2-6-17-30)47-45(48-44)36-23-12-22-35-41-39(26-13-27-40(41)50-42(35)36)49-37-24-9-7-20-33(37)34-21-8-10-25-38(34)49/h1-28H. The average Bonchev–Trinajstić information content (AvgIpc) is 3.75. The monoisotopic (exact) mass is 640 g/mol. The molecule has 0 radical (unpaired) electrons. The van der Waals surface area contributed by atoms with Crippen LogP contribution in [0.2, 0.25) is 0 Å².